The van der Waals surface area contributed by atoms with Gasteiger partial charge in [-0.15, -0.1) is 5.10 Å². The van der Waals surface area contributed by atoms with Crippen molar-refractivity contribution in [1.82, 2.24) is 23.8 Å². The number of ether oxygens (including phenoxy) is 1. The fourth-order valence-electron chi connectivity index (χ4n) is 5.53. The van der Waals surface area contributed by atoms with E-state index in [-0.39, 0.29) is 23.7 Å². The third-order valence-electron chi connectivity index (χ3n) is 7.11. The van der Waals surface area contributed by atoms with Gasteiger partial charge in [-0.3, -0.25) is 14.0 Å². The number of halogens is 1. The molecule has 0 amide bonds. The molecular weight excluding hydrogens is 441 g/mol. The first-order chi connectivity index (χ1) is 16.1. The standard InChI is InChI=1S/C24H32FN5O2S/c1-33-27-18(15-30-24(31)28-11-5-4-8-23(28)26-30)14-29-19-9-10-20(29)13-21(12-19)32-16-17-6-2-3-7-22(17)25/h2,4-6,8,11,18-21,27H,3,7,9-10,12-16H2,1H3. The van der Waals surface area contributed by atoms with Gasteiger partial charge in [-0.2, -0.15) is 0 Å². The van der Waals surface area contributed by atoms with Gasteiger partial charge in [0.05, 0.1) is 19.3 Å². The number of nitrogens with zero attached hydrogens (tertiary/aromatic N) is 4. The van der Waals surface area contributed by atoms with Gasteiger partial charge in [0.15, 0.2) is 5.65 Å². The van der Waals surface area contributed by atoms with Crippen molar-refractivity contribution in [2.75, 3.05) is 19.4 Å². The fraction of sp³-hybridized carbons (Fsp3) is 0.583. The average molecular weight is 474 g/mol. The third-order valence-corrected chi connectivity index (χ3v) is 7.68. The largest absolute Gasteiger partial charge is 0.373 e. The zero-order chi connectivity index (χ0) is 22.8. The van der Waals surface area contributed by atoms with Crippen molar-refractivity contribution in [2.24, 2.45) is 0 Å². The lowest BCUT2D eigenvalue weighted by molar-refractivity contribution is -0.0134. The highest BCUT2D eigenvalue weighted by molar-refractivity contribution is 7.96. The van der Waals surface area contributed by atoms with Crippen LogP contribution in [0.4, 0.5) is 4.39 Å². The van der Waals surface area contributed by atoms with Crippen LogP contribution < -0.4 is 10.4 Å². The van der Waals surface area contributed by atoms with E-state index < -0.39 is 0 Å². The van der Waals surface area contributed by atoms with Gasteiger partial charge in [0.1, 0.15) is 5.83 Å². The molecule has 1 N–H and O–H groups in total. The molecule has 2 aromatic heterocycles. The minimum atomic E-state index is -0.105. The van der Waals surface area contributed by atoms with Crippen LogP contribution in [0.15, 0.2) is 52.7 Å². The highest BCUT2D eigenvalue weighted by atomic mass is 32.2. The van der Waals surface area contributed by atoms with Gasteiger partial charge < -0.3 is 4.74 Å². The number of aromatic nitrogens is 3. The summed E-state index contributed by atoms with van der Waals surface area (Å²) in [6.07, 6.45) is 13.4. The molecule has 3 unspecified atom stereocenters. The van der Waals surface area contributed by atoms with E-state index in [9.17, 15) is 9.18 Å². The fourth-order valence-corrected chi connectivity index (χ4v) is 6.01. The first kappa shape index (κ1) is 22.8. The van der Waals surface area contributed by atoms with Crippen LogP contribution in [0.5, 0.6) is 0 Å². The second-order valence-corrected chi connectivity index (χ2v) is 9.91. The molecule has 0 saturated carbocycles. The Morgan fingerprint density at radius 3 is 2.82 bits per heavy atom. The summed E-state index contributed by atoms with van der Waals surface area (Å²) in [7, 11) is 0. The van der Waals surface area contributed by atoms with Crippen molar-refractivity contribution in [2.45, 2.75) is 69.3 Å². The maximum atomic E-state index is 14.0. The van der Waals surface area contributed by atoms with Crippen LogP contribution in [0.2, 0.25) is 0 Å². The summed E-state index contributed by atoms with van der Waals surface area (Å²) in [5.41, 5.74) is 1.27. The van der Waals surface area contributed by atoms with E-state index in [0.29, 0.717) is 42.9 Å². The number of hydrogen-bond acceptors (Lipinski definition) is 6. The summed E-state index contributed by atoms with van der Waals surface area (Å²) >= 11 is 1.58. The quantitative estimate of drug-likeness (QED) is 0.564. The topological polar surface area (TPSA) is 63.8 Å². The number of piperidine rings is 1. The molecule has 178 valence electrons. The first-order valence-electron chi connectivity index (χ1n) is 11.9. The van der Waals surface area contributed by atoms with E-state index in [4.69, 9.17) is 4.74 Å². The van der Waals surface area contributed by atoms with Crippen molar-refractivity contribution >= 4 is 17.6 Å². The van der Waals surface area contributed by atoms with Gasteiger partial charge in [-0.25, -0.2) is 13.9 Å². The van der Waals surface area contributed by atoms with Gasteiger partial charge in [0.2, 0.25) is 0 Å². The summed E-state index contributed by atoms with van der Waals surface area (Å²) < 4.78 is 26.8. The highest BCUT2D eigenvalue weighted by Gasteiger charge is 2.42. The van der Waals surface area contributed by atoms with E-state index in [0.717, 1.165) is 25.8 Å². The molecule has 3 aliphatic rings. The van der Waals surface area contributed by atoms with Gasteiger partial charge in [-0.1, -0.05) is 30.2 Å². The summed E-state index contributed by atoms with van der Waals surface area (Å²) in [5.74, 6) is -0.0222. The zero-order valence-corrected chi connectivity index (χ0v) is 19.8. The van der Waals surface area contributed by atoms with Gasteiger partial charge in [0, 0.05) is 42.9 Å². The number of nitrogens with one attached hydrogen (secondary N) is 1. The van der Waals surface area contributed by atoms with Crippen molar-refractivity contribution in [1.29, 1.82) is 0 Å². The van der Waals surface area contributed by atoms with Gasteiger partial charge >= 0.3 is 5.69 Å². The molecule has 9 heteroatoms. The number of rotatable bonds is 9. The Balaban J connectivity index is 1.21. The molecule has 2 aromatic rings. The summed E-state index contributed by atoms with van der Waals surface area (Å²) in [5, 5.41) is 4.51. The molecule has 1 aliphatic carbocycles. The first-order valence-corrected chi connectivity index (χ1v) is 13.1. The monoisotopic (exact) mass is 473 g/mol. The molecule has 33 heavy (non-hydrogen) atoms. The number of hydrogen-bond donors (Lipinski definition) is 1. The Kier molecular flexibility index (Phi) is 7.01. The van der Waals surface area contributed by atoms with E-state index in [1.807, 2.05) is 36.6 Å². The van der Waals surface area contributed by atoms with Crippen LogP contribution in [-0.4, -0.2) is 62.7 Å². The van der Waals surface area contributed by atoms with Gasteiger partial charge in [-0.05, 0) is 50.5 Å². The Bertz CT molecular complexity index is 1080. The Labute approximate surface area is 197 Å². The Morgan fingerprint density at radius 1 is 1.27 bits per heavy atom. The minimum Gasteiger partial charge on any atom is -0.373 e. The molecular formula is C24H32FN5O2S. The summed E-state index contributed by atoms with van der Waals surface area (Å²) in [4.78, 5) is 15.3. The SMILES string of the molecule is CSNC(CN1C2CCC1CC(OCC1=C(F)CCC=C1)C2)Cn1nc2ccccn2c1=O. The maximum Gasteiger partial charge on any atom is 0.350 e. The lowest BCUT2D eigenvalue weighted by atomic mass is 9.98. The van der Waals surface area contributed by atoms with E-state index in [1.54, 1.807) is 27.2 Å². The van der Waals surface area contributed by atoms with Crippen molar-refractivity contribution in [3.05, 3.63) is 58.4 Å². The highest BCUT2D eigenvalue weighted by Crippen LogP contribution is 2.37. The molecule has 4 heterocycles. The minimum absolute atomic E-state index is 0.0222. The molecule has 2 aliphatic heterocycles. The predicted octanol–water partition coefficient (Wildman–Crippen LogP) is 3.32. The second kappa shape index (κ2) is 10.1. The summed E-state index contributed by atoms with van der Waals surface area (Å²) in [6.45, 7) is 1.77. The lowest BCUT2D eigenvalue weighted by Crippen LogP contribution is -2.51. The maximum absolute atomic E-state index is 14.0. The van der Waals surface area contributed by atoms with Crippen LogP contribution in [0.1, 0.15) is 38.5 Å². The van der Waals surface area contributed by atoms with Crippen LogP contribution in [0.3, 0.4) is 0 Å². The van der Waals surface area contributed by atoms with E-state index >= 15 is 0 Å². The normalized spacial score (nSPS) is 26.4. The van der Waals surface area contributed by atoms with Crippen LogP contribution in [0.25, 0.3) is 5.65 Å². The molecule has 0 aromatic carbocycles. The van der Waals surface area contributed by atoms with Crippen LogP contribution in [0, 0.1) is 0 Å². The van der Waals surface area contributed by atoms with Crippen molar-refractivity contribution in [3.8, 4) is 0 Å². The number of pyridine rings is 1. The molecule has 3 atom stereocenters. The predicted molar refractivity (Wildman–Crippen MR) is 129 cm³/mol. The molecule has 2 bridgehead atoms. The van der Waals surface area contributed by atoms with E-state index in [2.05, 4.69) is 14.7 Å². The molecule has 0 spiro atoms. The molecule has 7 nitrogen and oxygen atoms in total. The Morgan fingerprint density at radius 2 is 2.09 bits per heavy atom. The second-order valence-electron chi connectivity index (χ2n) is 9.27. The molecule has 2 fully saturated rings. The third kappa shape index (κ3) is 4.96. The van der Waals surface area contributed by atoms with Crippen molar-refractivity contribution in [3.63, 3.8) is 0 Å². The van der Waals surface area contributed by atoms with Crippen LogP contribution >= 0.6 is 11.9 Å². The molecule has 0 radical (unpaired) electrons. The molecule has 2 saturated heterocycles. The van der Waals surface area contributed by atoms with Crippen LogP contribution in [-0.2, 0) is 11.3 Å². The Hall–Kier alpha value is -1.94. The lowest BCUT2D eigenvalue weighted by Gasteiger charge is -2.40. The van der Waals surface area contributed by atoms with Crippen molar-refractivity contribution < 1.29 is 9.13 Å². The summed E-state index contributed by atoms with van der Waals surface area (Å²) in [6, 6.07) is 6.64. The number of allylic oxidation sites excluding steroid dienone is 2. The van der Waals surface area contributed by atoms with Gasteiger partial charge in [0.25, 0.3) is 0 Å². The smallest absolute Gasteiger partial charge is 0.350 e. The zero-order valence-electron chi connectivity index (χ0n) is 19.0. The van der Waals surface area contributed by atoms with E-state index in [1.165, 1.54) is 12.8 Å². The molecule has 5 rings (SSSR count). The average Bonchev–Trinajstić information content (AvgIpc) is 3.24. The number of fused-ring (bicyclic) bond motifs is 3.